The molecule has 2 heterocycles. The Morgan fingerprint density at radius 3 is 2.83 bits per heavy atom. The monoisotopic (exact) mass is 519 g/mol. The van der Waals surface area contributed by atoms with Crippen molar-refractivity contribution in [3.8, 4) is 11.5 Å². The van der Waals surface area contributed by atoms with Crippen LogP contribution in [-0.2, 0) is 4.79 Å². The Kier molecular flexibility index (Phi) is 7.52. The number of carbonyl (C=O) groups is 2. The lowest BCUT2D eigenvalue weighted by atomic mass is 9.99. The van der Waals surface area contributed by atoms with Crippen LogP contribution in [0.2, 0.25) is 5.02 Å². The van der Waals surface area contributed by atoms with Gasteiger partial charge in [-0.2, -0.15) is 0 Å². The molecule has 2 aliphatic rings. The van der Waals surface area contributed by atoms with E-state index in [-0.39, 0.29) is 40.8 Å². The van der Waals surface area contributed by atoms with Gasteiger partial charge in [-0.15, -0.1) is 11.6 Å². The molecule has 0 saturated carbocycles. The van der Waals surface area contributed by atoms with Gasteiger partial charge in [-0.05, 0) is 31.2 Å². The van der Waals surface area contributed by atoms with Crippen LogP contribution in [0.5, 0.6) is 11.5 Å². The molecule has 7 nitrogen and oxygen atoms in total. The summed E-state index contributed by atoms with van der Waals surface area (Å²) in [4.78, 5) is 25.9. The Hall–Kier alpha value is -3.23. The number of hydrogen-bond acceptors (Lipinski definition) is 5. The maximum atomic E-state index is 14.5. The van der Waals surface area contributed by atoms with Crippen LogP contribution in [-0.4, -0.2) is 48.4 Å². The first-order chi connectivity index (χ1) is 16.7. The molecule has 0 spiro atoms. The Morgan fingerprint density at radius 1 is 1.34 bits per heavy atom. The number of halogens is 3. The lowest BCUT2D eigenvalue weighted by Gasteiger charge is -2.39. The minimum Gasteiger partial charge on any atom is -0.493 e. The van der Waals surface area contributed by atoms with Gasteiger partial charge in [0.15, 0.2) is 6.61 Å². The van der Waals surface area contributed by atoms with E-state index in [1.165, 1.54) is 17.2 Å². The van der Waals surface area contributed by atoms with E-state index in [2.05, 4.69) is 5.32 Å². The van der Waals surface area contributed by atoms with Crippen molar-refractivity contribution in [1.82, 2.24) is 4.90 Å². The highest BCUT2D eigenvalue weighted by Crippen LogP contribution is 2.33. The molecule has 1 unspecified atom stereocenters. The van der Waals surface area contributed by atoms with Gasteiger partial charge in [0, 0.05) is 52.8 Å². The number of rotatable bonds is 7. The number of amides is 2. The minimum absolute atomic E-state index is 0.0647. The highest BCUT2D eigenvalue weighted by Gasteiger charge is 2.34. The molecular weight excluding hydrogens is 496 g/mol. The molecule has 0 aromatic heterocycles. The highest BCUT2D eigenvalue weighted by molar-refractivity contribution is 6.30. The summed E-state index contributed by atoms with van der Waals surface area (Å²) in [5, 5.41) is 2.95. The van der Waals surface area contributed by atoms with Crippen molar-refractivity contribution in [3.63, 3.8) is 0 Å². The zero-order valence-corrected chi connectivity index (χ0v) is 20.4. The maximum absolute atomic E-state index is 14.5. The van der Waals surface area contributed by atoms with Crippen LogP contribution in [0.3, 0.4) is 0 Å². The molecule has 2 aromatic carbocycles. The molecule has 1 saturated heterocycles. The number of carbonyl (C=O) groups excluding carboxylic acids is 2. The molecule has 10 heteroatoms. The Morgan fingerprint density at radius 2 is 2.11 bits per heavy atom. The van der Waals surface area contributed by atoms with Crippen molar-refractivity contribution < 1.29 is 23.5 Å². The molecule has 184 valence electrons. The topological polar surface area (TPSA) is 93.9 Å². The van der Waals surface area contributed by atoms with Gasteiger partial charge in [-0.1, -0.05) is 23.8 Å². The summed E-state index contributed by atoms with van der Waals surface area (Å²) < 4.78 is 25.7. The van der Waals surface area contributed by atoms with Crippen molar-refractivity contribution >= 4 is 46.3 Å². The second kappa shape index (κ2) is 10.6. The molecule has 1 atom stereocenters. The summed E-state index contributed by atoms with van der Waals surface area (Å²) in [6.45, 7) is 2.82. The van der Waals surface area contributed by atoms with Crippen LogP contribution in [0.4, 0.5) is 10.1 Å². The van der Waals surface area contributed by atoms with E-state index >= 15 is 0 Å². The van der Waals surface area contributed by atoms with Crippen molar-refractivity contribution in [2.24, 2.45) is 11.7 Å². The van der Waals surface area contributed by atoms with Crippen molar-refractivity contribution in [3.05, 3.63) is 70.7 Å². The molecule has 35 heavy (non-hydrogen) atoms. The number of fused-ring (bicyclic) bond motifs is 1. The van der Waals surface area contributed by atoms with Crippen molar-refractivity contribution in [2.45, 2.75) is 12.3 Å². The van der Waals surface area contributed by atoms with Crippen LogP contribution in [0.25, 0.3) is 5.57 Å². The molecule has 0 bridgehead atoms. The van der Waals surface area contributed by atoms with Gasteiger partial charge >= 0.3 is 0 Å². The smallest absolute Gasteiger partial charge is 0.262 e. The zero-order valence-electron chi connectivity index (χ0n) is 18.9. The van der Waals surface area contributed by atoms with Gasteiger partial charge in [0.05, 0.1) is 17.9 Å². The van der Waals surface area contributed by atoms with E-state index in [0.29, 0.717) is 36.0 Å². The van der Waals surface area contributed by atoms with E-state index in [0.717, 1.165) is 11.6 Å². The third-order valence-corrected chi connectivity index (χ3v) is 6.01. The zero-order chi connectivity index (χ0) is 25.1. The van der Waals surface area contributed by atoms with Crippen molar-refractivity contribution in [1.29, 1.82) is 0 Å². The molecule has 1 fully saturated rings. The number of anilines is 1. The highest BCUT2D eigenvalue weighted by atomic mass is 35.5. The summed E-state index contributed by atoms with van der Waals surface area (Å²) in [6, 6.07) is 7.67. The first kappa shape index (κ1) is 24.9. The normalized spacial score (nSPS) is 16.9. The SMILES string of the molecule is CC(Cl)/C=C\C(=C/N)c1cc(Cl)ccc1OCC1CN(C(=O)c2cc3c(cc2F)OCC(=O)N3)C1. The lowest BCUT2D eigenvalue weighted by Crippen LogP contribution is -2.52. The third kappa shape index (κ3) is 5.71. The fourth-order valence-electron chi connectivity index (χ4n) is 3.81. The lowest BCUT2D eigenvalue weighted by molar-refractivity contribution is -0.118. The van der Waals surface area contributed by atoms with Gasteiger partial charge in [0.2, 0.25) is 0 Å². The summed E-state index contributed by atoms with van der Waals surface area (Å²) in [5.41, 5.74) is 7.40. The van der Waals surface area contributed by atoms with Crippen LogP contribution in [0.15, 0.2) is 48.7 Å². The van der Waals surface area contributed by atoms with E-state index in [1.807, 2.05) is 6.92 Å². The average molecular weight is 520 g/mol. The molecule has 0 aliphatic carbocycles. The minimum atomic E-state index is -0.698. The van der Waals surface area contributed by atoms with Crippen LogP contribution in [0, 0.1) is 11.7 Å². The largest absolute Gasteiger partial charge is 0.493 e. The Balaban J connectivity index is 1.39. The van der Waals surface area contributed by atoms with Gasteiger partial charge in [-0.25, -0.2) is 4.39 Å². The number of hydrogen-bond donors (Lipinski definition) is 2. The number of allylic oxidation sites excluding steroid dienone is 3. The van der Waals surface area contributed by atoms with E-state index < -0.39 is 11.7 Å². The third-order valence-electron chi connectivity index (χ3n) is 5.62. The maximum Gasteiger partial charge on any atom is 0.262 e. The first-order valence-electron chi connectivity index (χ1n) is 11.0. The molecule has 2 amide bonds. The predicted octanol–water partition coefficient (Wildman–Crippen LogP) is 4.44. The van der Waals surface area contributed by atoms with Gasteiger partial charge < -0.3 is 25.4 Å². The standard InChI is InChI=1S/C25H24Cl2FN3O4/c1-14(26)2-3-16(9-29)18-6-17(27)4-5-22(18)34-12-15-10-31(11-15)25(33)19-7-21-23(8-20(19)28)35-13-24(32)30-21/h2-9,14-15H,10-13,29H2,1H3,(H,30,32)/b3-2-,16-9+. The van der Waals surface area contributed by atoms with Gasteiger partial charge in [0.25, 0.3) is 11.8 Å². The molecule has 2 aromatic rings. The molecule has 4 rings (SSSR count). The number of likely N-dealkylation sites (tertiary alicyclic amines) is 1. The number of nitrogens with zero attached hydrogens (tertiary/aromatic N) is 1. The molecule has 2 aliphatic heterocycles. The summed E-state index contributed by atoms with van der Waals surface area (Å²) in [6.07, 6.45) is 5.07. The van der Waals surface area contributed by atoms with E-state index in [9.17, 15) is 14.0 Å². The average Bonchev–Trinajstić information content (AvgIpc) is 2.79. The van der Waals surface area contributed by atoms with Crippen LogP contribution in [0.1, 0.15) is 22.8 Å². The van der Waals surface area contributed by atoms with E-state index in [4.69, 9.17) is 38.4 Å². The second-order valence-electron chi connectivity index (χ2n) is 8.35. The fraction of sp³-hybridized carbons (Fsp3) is 0.280. The van der Waals surface area contributed by atoms with Crippen molar-refractivity contribution in [2.75, 3.05) is 31.6 Å². The summed E-state index contributed by atoms with van der Waals surface area (Å²) in [7, 11) is 0. The predicted molar refractivity (Wildman–Crippen MR) is 133 cm³/mol. The van der Waals surface area contributed by atoms with Gasteiger partial charge in [0.1, 0.15) is 17.3 Å². The first-order valence-corrected chi connectivity index (χ1v) is 11.8. The Bertz CT molecular complexity index is 1210. The molecular formula is C25H24Cl2FN3O4. The summed E-state index contributed by atoms with van der Waals surface area (Å²) in [5.74, 6) is -0.647. The number of nitrogens with one attached hydrogen (secondary N) is 1. The summed E-state index contributed by atoms with van der Waals surface area (Å²) >= 11 is 12.2. The van der Waals surface area contributed by atoms with E-state index in [1.54, 1.807) is 30.4 Å². The second-order valence-corrected chi connectivity index (χ2v) is 9.48. The number of alkyl halides is 1. The number of nitrogens with two attached hydrogens (primary N) is 1. The number of ether oxygens (including phenoxy) is 2. The van der Waals surface area contributed by atoms with Gasteiger partial charge in [-0.3, -0.25) is 9.59 Å². The quantitative estimate of drug-likeness (QED) is 0.416. The fourth-order valence-corrected chi connectivity index (χ4v) is 4.05. The molecule has 0 radical (unpaired) electrons. The number of benzene rings is 2. The van der Waals surface area contributed by atoms with Crippen LogP contribution < -0.4 is 20.5 Å². The molecule has 3 N–H and O–H groups in total. The Labute approximate surface area is 212 Å². The van der Waals surface area contributed by atoms with Crippen LogP contribution >= 0.6 is 23.2 Å².